The van der Waals surface area contributed by atoms with E-state index in [1.165, 1.54) is 0 Å². The molecule has 0 heterocycles. The molecule has 1 aromatic rings. The molecule has 1 aromatic carbocycles. The van der Waals surface area contributed by atoms with Gasteiger partial charge in [-0.05, 0) is 43.0 Å². The molecule has 1 amide bonds. The molecule has 0 fully saturated rings. The number of nitrogens with one attached hydrogen (secondary N) is 1. The van der Waals surface area contributed by atoms with E-state index >= 15 is 0 Å². The Morgan fingerprint density at radius 3 is 2.53 bits per heavy atom. The summed E-state index contributed by atoms with van der Waals surface area (Å²) in [7, 11) is 0. The lowest BCUT2D eigenvalue weighted by molar-refractivity contribution is 0.0924. The van der Waals surface area contributed by atoms with Gasteiger partial charge in [0.05, 0.1) is 0 Å². The molecule has 1 atom stereocenters. The number of carbonyl (C=O) groups is 1. The lowest BCUT2D eigenvalue weighted by Crippen LogP contribution is -2.38. The maximum absolute atomic E-state index is 12.1. The van der Waals surface area contributed by atoms with Crippen molar-refractivity contribution >= 4 is 21.8 Å². The van der Waals surface area contributed by atoms with E-state index in [-0.39, 0.29) is 11.9 Å². The van der Waals surface area contributed by atoms with Crippen LogP contribution in [0.25, 0.3) is 0 Å². The number of hydrogen-bond acceptors (Lipinski definition) is 1. The lowest BCUT2D eigenvalue weighted by atomic mass is 10.0. The van der Waals surface area contributed by atoms with Crippen LogP contribution < -0.4 is 5.32 Å². The number of halogens is 1. The van der Waals surface area contributed by atoms with Crippen molar-refractivity contribution in [1.29, 1.82) is 0 Å². The standard InChI is InChI=1S/C14H20BrNO/c1-5-13(9(2)3)16-14(17)11-6-7-12(15)10(4)8-11/h6-9,13H,5H2,1-4H3,(H,16,17). The molecule has 2 nitrogen and oxygen atoms in total. The molecule has 0 saturated carbocycles. The molecule has 17 heavy (non-hydrogen) atoms. The highest BCUT2D eigenvalue weighted by Gasteiger charge is 2.15. The Labute approximate surface area is 112 Å². The summed E-state index contributed by atoms with van der Waals surface area (Å²) in [5.41, 5.74) is 1.81. The second-order valence-electron chi connectivity index (χ2n) is 4.70. The molecule has 0 radical (unpaired) electrons. The Morgan fingerprint density at radius 2 is 2.06 bits per heavy atom. The van der Waals surface area contributed by atoms with Crippen LogP contribution in [0.2, 0.25) is 0 Å². The molecule has 0 spiro atoms. The predicted molar refractivity (Wildman–Crippen MR) is 75.3 cm³/mol. The number of carbonyl (C=O) groups excluding carboxylic acids is 1. The van der Waals surface area contributed by atoms with Crippen molar-refractivity contribution in [3.63, 3.8) is 0 Å². The van der Waals surface area contributed by atoms with Gasteiger partial charge in [-0.1, -0.05) is 36.7 Å². The number of rotatable bonds is 4. The van der Waals surface area contributed by atoms with E-state index < -0.39 is 0 Å². The van der Waals surface area contributed by atoms with E-state index in [1.54, 1.807) is 0 Å². The third-order valence-corrected chi connectivity index (χ3v) is 3.87. The topological polar surface area (TPSA) is 29.1 Å². The highest BCUT2D eigenvalue weighted by molar-refractivity contribution is 9.10. The van der Waals surface area contributed by atoms with Gasteiger partial charge in [-0.2, -0.15) is 0 Å². The predicted octanol–water partition coefficient (Wildman–Crippen LogP) is 3.92. The Hall–Kier alpha value is -0.830. The van der Waals surface area contributed by atoms with Crippen LogP contribution in [0.4, 0.5) is 0 Å². The van der Waals surface area contributed by atoms with Crippen molar-refractivity contribution in [1.82, 2.24) is 5.32 Å². The van der Waals surface area contributed by atoms with E-state index in [4.69, 9.17) is 0 Å². The Morgan fingerprint density at radius 1 is 1.41 bits per heavy atom. The third kappa shape index (κ3) is 3.84. The Balaban J connectivity index is 2.79. The SMILES string of the molecule is CCC(NC(=O)c1ccc(Br)c(C)c1)C(C)C. The summed E-state index contributed by atoms with van der Waals surface area (Å²) in [5, 5.41) is 3.07. The molecule has 0 saturated heterocycles. The molecule has 3 heteroatoms. The van der Waals surface area contributed by atoms with E-state index in [0.717, 1.165) is 22.0 Å². The minimum absolute atomic E-state index is 0.0150. The molecular formula is C14H20BrNO. The monoisotopic (exact) mass is 297 g/mol. The molecule has 0 aliphatic rings. The van der Waals surface area contributed by atoms with Crippen LogP contribution in [0.15, 0.2) is 22.7 Å². The van der Waals surface area contributed by atoms with Crippen LogP contribution >= 0.6 is 15.9 Å². The third-order valence-electron chi connectivity index (χ3n) is 2.98. The lowest BCUT2D eigenvalue weighted by Gasteiger charge is -2.20. The average Bonchev–Trinajstić information content (AvgIpc) is 2.28. The van der Waals surface area contributed by atoms with Crippen molar-refractivity contribution in [2.24, 2.45) is 5.92 Å². The summed E-state index contributed by atoms with van der Waals surface area (Å²) < 4.78 is 1.03. The van der Waals surface area contributed by atoms with Crippen molar-refractivity contribution in [2.75, 3.05) is 0 Å². The second-order valence-corrected chi connectivity index (χ2v) is 5.55. The van der Waals surface area contributed by atoms with E-state index in [1.807, 2.05) is 25.1 Å². The smallest absolute Gasteiger partial charge is 0.251 e. The highest BCUT2D eigenvalue weighted by atomic mass is 79.9. The first-order chi connectivity index (χ1) is 7.95. The minimum atomic E-state index is 0.0150. The van der Waals surface area contributed by atoms with Crippen LogP contribution in [0.3, 0.4) is 0 Å². The fourth-order valence-electron chi connectivity index (χ4n) is 1.78. The summed E-state index contributed by atoms with van der Waals surface area (Å²) in [6, 6.07) is 5.92. The van der Waals surface area contributed by atoms with Crippen LogP contribution in [-0.2, 0) is 0 Å². The number of benzene rings is 1. The Kier molecular flexibility index (Phi) is 5.19. The van der Waals surface area contributed by atoms with E-state index in [2.05, 4.69) is 42.0 Å². The van der Waals surface area contributed by atoms with Crippen LogP contribution in [0, 0.1) is 12.8 Å². The highest BCUT2D eigenvalue weighted by Crippen LogP contribution is 2.17. The normalized spacial score (nSPS) is 12.6. The molecule has 94 valence electrons. The molecular weight excluding hydrogens is 278 g/mol. The average molecular weight is 298 g/mol. The van der Waals surface area contributed by atoms with Gasteiger partial charge < -0.3 is 5.32 Å². The van der Waals surface area contributed by atoms with Gasteiger partial charge in [-0.15, -0.1) is 0 Å². The van der Waals surface area contributed by atoms with Crippen molar-refractivity contribution in [3.05, 3.63) is 33.8 Å². The van der Waals surface area contributed by atoms with Gasteiger partial charge in [0, 0.05) is 16.1 Å². The van der Waals surface area contributed by atoms with E-state index in [9.17, 15) is 4.79 Å². The molecule has 1 rings (SSSR count). The van der Waals surface area contributed by atoms with Crippen LogP contribution in [0.5, 0.6) is 0 Å². The minimum Gasteiger partial charge on any atom is -0.349 e. The van der Waals surface area contributed by atoms with Gasteiger partial charge >= 0.3 is 0 Å². The van der Waals surface area contributed by atoms with E-state index in [0.29, 0.717) is 5.92 Å². The number of hydrogen-bond donors (Lipinski definition) is 1. The van der Waals surface area contributed by atoms with Crippen LogP contribution in [-0.4, -0.2) is 11.9 Å². The van der Waals surface area contributed by atoms with Crippen molar-refractivity contribution in [2.45, 2.75) is 40.2 Å². The van der Waals surface area contributed by atoms with Gasteiger partial charge in [0.2, 0.25) is 0 Å². The summed E-state index contributed by atoms with van der Waals surface area (Å²) in [6.07, 6.45) is 0.957. The van der Waals surface area contributed by atoms with Gasteiger partial charge in [0.1, 0.15) is 0 Å². The fourth-order valence-corrected chi connectivity index (χ4v) is 2.02. The second kappa shape index (κ2) is 6.20. The zero-order valence-corrected chi connectivity index (χ0v) is 12.5. The maximum atomic E-state index is 12.1. The maximum Gasteiger partial charge on any atom is 0.251 e. The van der Waals surface area contributed by atoms with Gasteiger partial charge in [-0.3, -0.25) is 4.79 Å². The molecule has 1 N–H and O–H groups in total. The summed E-state index contributed by atoms with van der Waals surface area (Å²) in [6.45, 7) is 8.33. The van der Waals surface area contributed by atoms with Gasteiger partial charge in [-0.25, -0.2) is 0 Å². The van der Waals surface area contributed by atoms with Gasteiger partial charge in [0.25, 0.3) is 5.91 Å². The zero-order chi connectivity index (χ0) is 13.0. The fraction of sp³-hybridized carbons (Fsp3) is 0.500. The number of aryl methyl sites for hydroxylation is 1. The van der Waals surface area contributed by atoms with Crippen molar-refractivity contribution in [3.8, 4) is 0 Å². The molecule has 0 aliphatic carbocycles. The summed E-state index contributed by atoms with van der Waals surface area (Å²) in [5.74, 6) is 0.474. The molecule has 1 unspecified atom stereocenters. The number of amides is 1. The quantitative estimate of drug-likeness (QED) is 0.896. The van der Waals surface area contributed by atoms with Crippen molar-refractivity contribution < 1.29 is 4.79 Å². The first-order valence-corrected chi connectivity index (χ1v) is 6.82. The van der Waals surface area contributed by atoms with Gasteiger partial charge in [0.15, 0.2) is 0 Å². The van der Waals surface area contributed by atoms with Crippen LogP contribution in [0.1, 0.15) is 43.1 Å². The molecule has 0 aromatic heterocycles. The first kappa shape index (κ1) is 14.2. The zero-order valence-electron chi connectivity index (χ0n) is 10.9. The summed E-state index contributed by atoms with van der Waals surface area (Å²) >= 11 is 3.43. The molecule has 0 bridgehead atoms. The molecule has 0 aliphatic heterocycles. The Bertz CT molecular complexity index is 401. The summed E-state index contributed by atoms with van der Waals surface area (Å²) in [4.78, 5) is 12.1. The first-order valence-electron chi connectivity index (χ1n) is 6.02. The largest absolute Gasteiger partial charge is 0.349 e.